The van der Waals surface area contributed by atoms with Crippen LogP contribution in [0.15, 0.2) is 28.7 Å². The Morgan fingerprint density at radius 1 is 1.39 bits per heavy atom. The first-order valence-electron chi connectivity index (χ1n) is 9.59. The first-order chi connectivity index (χ1) is 13.3. The van der Waals surface area contributed by atoms with Crippen LogP contribution < -0.4 is 11.1 Å². The second-order valence-corrected chi connectivity index (χ2v) is 9.65. The molecule has 9 heteroatoms. The lowest BCUT2D eigenvalue weighted by atomic mass is 10.1. The van der Waals surface area contributed by atoms with Gasteiger partial charge in [-0.3, -0.25) is 4.79 Å². The van der Waals surface area contributed by atoms with Crippen molar-refractivity contribution in [2.45, 2.75) is 50.8 Å². The van der Waals surface area contributed by atoms with Crippen molar-refractivity contribution in [3.63, 3.8) is 0 Å². The van der Waals surface area contributed by atoms with E-state index >= 15 is 0 Å². The third kappa shape index (κ3) is 5.30. The van der Waals surface area contributed by atoms with Crippen molar-refractivity contribution in [2.24, 2.45) is 11.7 Å². The summed E-state index contributed by atoms with van der Waals surface area (Å²) in [4.78, 5) is 16.7. The molecule has 1 amide bonds. The molecule has 0 saturated heterocycles. The second kappa shape index (κ2) is 8.59. The van der Waals surface area contributed by atoms with E-state index in [1.165, 1.54) is 0 Å². The van der Waals surface area contributed by atoms with E-state index in [1.54, 1.807) is 18.2 Å². The largest absolute Gasteiger partial charge is 0.438 e. The highest BCUT2D eigenvalue weighted by Gasteiger charge is 2.32. The summed E-state index contributed by atoms with van der Waals surface area (Å²) in [6.45, 7) is 1.91. The molecule has 0 aliphatic heterocycles. The van der Waals surface area contributed by atoms with Crippen LogP contribution in [0, 0.1) is 5.92 Å². The second-order valence-electron chi connectivity index (χ2n) is 7.50. The molecule has 0 bridgehead atoms. The standard InChI is InChI=1S/C19H27N3O5S/c1-2-5-15(17(23)19-22-14-6-3-4-7-16(14)27-19)21-18(24)13(20)11-28(25,26)10-12-8-9-12/h3-4,6-7,12-13,15,17,23H,2,5,8-11,20H2,1H3,(H,21,24)/t13?,15-,17?/m0/s1. The van der Waals surface area contributed by atoms with Crippen LogP contribution in [0.1, 0.15) is 44.6 Å². The number of sulfone groups is 1. The summed E-state index contributed by atoms with van der Waals surface area (Å²) in [6, 6.07) is 5.26. The van der Waals surface area contributed by atoms with Crippen molar-refractivity contribution in [3.8, 4) is 0 Å². The van der Waals surface area contributed by atoms with E-state index in [1.807, 2.05) is 13.0 Å². The van der Waals surface area contributed by atoms with Gasteiger partial charge in [-0.2, -0.15) is 0 Å². The summed E-state index contributed by atoms with van der Waals surface area (Å²) in [7, 11) is -3.38. The fraction of sp³-hybridized carbons (Fsp3) is 0.579. The number of nitrogens with two attached hydrogens (primary N) is 1. The van der Waals surface area contributed by atoms with Crippen LogP contribution in [0.25, 0.3) is 11.1 Å². The zero-order valence-corrected chi connectivity index (χ0v) is 16.7. The molecule has 3 rings (SSSR count). The van der Waals surface area contributed by atoms with Gasteiger partial charge in [-0.25, -0.2) is 13.4 Å². The molecule has 154 valence electrons. The van der Waals surface area contributed by atoms with Gasteiger partial charge in [0, 0.05) is 0 Å². The molecule has 0 spiro atoms. The van der Waals surface area contributed by atoms with Crippen molar-refractivity contribution in [3.05, 3.63) is 30.2 Å². The SMILES string of the molecule is CCC[C@H](NC(=O)C(N)CS(=O)(=O)CC1CC1)C(O)c1nc2ccccc2o1. The Morgan fingerprint density at radius 3 is 2.75 bits per heavy atom. The van der Waals surface area contributed by atoms with E-state index in [9.17, 15) is 18.3 Å². The van der Waals surface area contributed by atoms with Crippen LogP contribution in [0.3, 0.4) is 0 Å². The van der Waals surface area contributed by atoms with Gasteiger partial charge in [-0.15, -0.1) is 0 Å². The first kappa shape index (κ1) is 20.8. The quantitative estimate of drug-likeness (QED) is 0.538. The number of carbonyl (C=O) groups excluding carboxylic acids is 1. The Hall–Kier alpha value is -1.97. The number of rotatable bonds is 10. The molecule has 2 unspecified atom stereocenters. The van der Waals surface area contributed by atoms with E-state index < -0.39 is 39.7 Å². The maximum atomic E-state index is 12.5. The molecule has 8 nitrogen and oxygen atoms in total. The zero-order valence-electron chi connectivity index (χ0n) is 15.9. The molecule has 1 aromatic heterocycles. The summed E-state index contributed by atoms with van der Waals surface area (Å²) in [5.74, 6) is -0.609. The van der Waals surface area contributed by atoms with Crippen LogP contribution in [0.2, 0.25) is 0 Å². The number of aromatic nitrogens is 1. The summed E-state index contributed by atoms with van der Waals surface area (Å²) in [6.07, 6.45) is 1.82. The number of nitrogens with zero attached hydrogens (tertiary/aromatic N) is 1. The maximum Gasteiger partial charge on any atom is 0.238 e. The lowest BCUT2D eigenvalue weighted by Gasteiger charge is -2.23. The first-order valence-corrected chi connectivity index (χ1v) is 11.4. The molecule has 1 aromatic carbocycles. The number of oxazole rings is 1. The zero-order chi connectivity index (χ0) is 20.3. The highest BCUT2D eigenvalue weighted by molar-refractivity contribution is 7.91. The minimum Gasteiger partial charge on any atom is -0.438 e. The van der Waals surface area contributed by atoms with Crippen molar-refractivity contribution in [2.75, 3.05) is 11.5 Å². The highest BCUT2D eigenvalue weighted by atomic mass is 32.2. The Balaban J connectivity index is 1.66. The minimum absolute atomic E-state index is 0.0812. The monoisotopic (exact) mass is 409 g/mol. The van der Waals surface area contributed by atoms with Gasteiger partial charge in [0.1, 0.15) is 5.52 Å². The highest BCUT2D eigenvalue weighted by Crippen LogP contribution is 2.30. The number of para-hydroxylation sites is 2. The summed E-state index contributed by atoms with van der Waals surface area (Å²) in [5, 5.41) is 13.3. The van der Waals surface area contributed by atoms with Crippen molar-refractivity contribution >= 4 is 26.8 Å². The molecule has 4 N–H and O–H groups in total. The molecule has 28 heavy (non-hydrogen) atoms. The Morgan fingerprint density at radius 2 is 2.11 bits per heavy atom. The minimum atomic E-state index is -3.38. The molecule has 1 heterocycles. The molecule has 1 saturated carbocycles. The van der Waals surface area contributed by atoms with Crippen LogP contribution in [0.4, 0.5) is 0 Å². The molecule has 0 radical (unpaired) electrons. The lowest BCUT2D eigenvalue weighted by molar-refractivity contribution is -0.123. The number of aliphatic hydroxyl groups excluding tert-OH is 1. The predicted octanol–water partition coefficient (Wildman–Crippen LogP) is 1.30. The number of carbonyl (C=O) groups is 1. The van der Waals surface area contributed by atoms with Gasteiger partial charge >= 0.3 is 0 Å². The number of fused-ring (bicyclic) bond motifs is 1. The number of nitrogens with one attached hydrogen (secondary N) is 1. The number of hydrogen-bond donors (Lipinski definition) is 3. The number of benzene rings is 1. The summed E-state index contributed by atoms with van der Waals surface area (Å²) >= 11 is 0. The van der Waals surface area contributed by atoms with Crippen LogP contribution in [-0.2, 0) is 14.6 Å². The molecule has 1 aliphatic carbocycles. The third-order valence-corrected chi connectivity index (χ3v) is 6.67. The molecular formula is C19H27N3O5S. The van der Waals surface area contributed by atoms with Gasteiger partial charge in [-0.05, 0) is 37.3 Å². The van der Waals surface area contributed by atoms with Gasteiger partial charge < -0.3 is 20.6 Å². The fourth-order valence-electron chi connectivity index (χ4n) is 3.16. The van der Waals surface area contributed by atoms with E-state index in [2.05, 4.69) is 10.3 Å². The smallest absolute Gasteiger partial charge is 0.238 e. The Bertz CT molecular complexity index is 890. The molecule has 3 atom stereocenters. The molecule has 1 fully saturated rings. The van der Waals surface area contributed by atoms with Crippen LogP contribution in [0.5, 0.6) is 0 Å². The van der Waals surface area contributed by atoms with Gasteiger partial charge in [0.05, 0.1) is 23.6 Å². The Labute approximate surface area is 164 Å². The van der Waals surface area contributed by atoms with Crippen LogP contribution >= 0.6 is 0 Å². The lowest BCUT2D eigenvalue weighted by Crippen LogP contribution is -2.50. The molecule has 1 aliphatic rings. The summed E-state index contributed by atoms with van der Waals surface area (Å²) in [5.41, 5.74) is 6.99. The number of amides is 1. The topological polar surface area (TPSA) is 136 Å². The van der Waals surface area contributed by atoms with Gasteiger partial charge in [-0.1, -0.05) is 25.5 Å². The van der Waals surface area contributed by atoms with Crippen molar-refractivity contribution in [1.29, 1.82) is 0 Å². The van der Waals surface area contributed by atoms with E-state index in [0.29, 0.717) is 23.9 Å². The summed E-state index contributed by atoms with van der Waals surface area (Å²) < 4.78 is 29.8. The maximum absolute atomic E-state index is 12.5. The van der Waals surface area contributed by atoms with Crippen LogP contribution in [-0.4, -0.2) is 48.0 Å². The predicted molar refractivity (Wildman–Crippen MR) is 105 cm³/mol. The van der Waals surface area contributed by atoms with Gasteiger partial charge in [0.15, 0.2) is 21.5 Å². The van der Waals surface area contributed by atoms with Crippen molar-refractivity contribution in [1.82, 2.24) is 10.3 Å². The average Bonchev–Trinajstić information content (AvgIpc) is 3.33. The number of hydrogen-bond acceptors (Lipinski definition) is 7. The van der Waals surface area contributed by atoms with Crippen molar-refractivity contribution < 1.29 is 22.7 Å². The normalized spacial score (nSPS) is 18.0. The number of aliphatic hydroxyl groups is 1. The molecular weight excluding hydrogens is 382 g/mol. The van der Waals surface area contributed by atoms with E-state index in [4.69, 9.17) is 10.2 Å². The van der Waals surface area contributed by atoms with E-state index in [0.717, 1.165) is 12.8 Å². The third-order valence-electron chi connectivity index (χ3n) is 4.83. The average molecular weight is 410 g/mol. The van der Waals surface area contributed by atoms with E-state index in [-0.39, 0.29) is 17.6 Å². The van der Waals surface area contributed by atoms with Gasteiger partial charge in [0.25, 0.3) is 0 Å². The molecule has 2 aromatic rings. The fourth-order valence-corrected chi connectivity index (χ4v) is 5.05. The van der Waals surface area contributed by atoms with Gasteiger partial charge in [0.2, 0.25) is 11.8 Å². The Kier molecular flexibility index (Phi) is 6.36.